The Morgan fingerprint density at radius 2 is 1.86 bits per heavy atom. The van der Waals surface area contributed by atoms with Crippen LogP contribution >= 0.6 is 0 Å². The highest BCUT2D eigenvalue weighted by Crippen LogP contribution is 2.29. The van der Waals surface area contributed by atoms with Crippen LogP contribution < -0.4 is 0 Å². The number of aryl methyl sites for hydroxylation is 2. The summed E-state index contributed by atoms with van der Waals surface area (Å²) in [5.41, 5.74) is 5.25. The molecule has 2 aliphatic rings. The minimum absolute atomic E-state index is 0.305. The number of rotatable bonds is 5. The van der Waals surface area contributed by atoms with Gasteiger partial charge in [0.15, 0.2) is 0 Å². The van der Waals surface area contributed by atoms with Gasteiger partial charge in [0.25, 0.3) is 0 Å². The second-order valence-corrected chi connectivity index (χ2v) is 9.13. The quantitative estimate of drug-likeness (QED) is 0.831. The molecule has 2 saturated heterocycles. The predicted octanol–water partition coefficient (Wildman–Crippen LogP) is 2.46. The summed E-state index contributed by atoms with van der Waals surface area (Å²) >= 11 is 0. The molecule has 0 amide bonds. The number of hydrogen-bond acceptors (Lipinski definition) is 4. The molecule has 5 nitrogen and oxygen atoms in total. The lowest BCUT2D eigenvalue weighted by Gasteiger charge is -2.26. The number of aliphatic hydroxyl groups excluding tert-OH is 1. The maximum absolute atomic E-state index is 9.99. The van der Waals surface area contributed by atoms with Crippen molar-refractivity contribution in [3.8, 4) is 0 Å². The van der Waals surface area contributed by atoms with Crippen LogP contribution in [-0.2, 0) is 6.54 Å². The topological polar surface area (TPSA) is 45.7 Å². The van der Waals surface area contributed by atoms with E-state index in [0.717, 1.165) is 39.3 Å². The zero-order valence-corrected chi connectivity index (χ0v) is 17.7. The molecule has 2 fully saturated rings. The van der Waals surface area contributed by atoms with E-state index in [1.54, 1.807) is 0 Å². The van der Waals surface area contributed by atoms with Crippen LogP contribution in [0.2, 0.25) is 0 Å². The van der Waals surface area contributed by atoms with E-state index in [9.17, 15) is 5.11 Å². The fourth-order valence-electron chi connectivity index (χ4n) is 5.07. The molecule has 3 heterocycles. The summed E-state index contributed by atoms with van der Waals surface area (Å²) in [6.45, 7) is 13.6. The molecule has 0 bridgehead atoms. The number of aromatic amines is 1. The fraction of sp³-hybridized carbons (Fsp3) is 0.652. The molecule has 2 aliphatic heterocycles. The number of H-pyrrole nitrogens is 1. The van der Waals surface area contributed by atoms with Crippen molar-refractivity contribution in [1.29, 1.82) is 0 Å². The van der Waals surface area contributed by atoms with Gasteiger partial charge in [0.2, 0.25) is 0 Å². The summed E-state index contributed by atoms with van der Waals surface area (Å²) in [7, 11) is 2.22. The van der Waals surface area contributed by atoms with Crippen LogP contribution in [0.15, 0.2) is 18.2 Å². The van der Waals surface area contributed by atoms with Crippen molar-refractivity contribution in [3.05, 3.63) is 35.0 Å². The maximum atomic E-state index is 9.99. The molecule has 28 heavy (non-hydrogen) atoms. The summed E-state index contributed by atoms with van der Waals surface area (Å²) in [6.07, 6.45) is 1.25. The number of aliphatic hydroxyl groups is 1. The van der Waals surface area contributed by atoms with Gasteiger partial charge in [-0.1, -0.05) is 11.6 Å². The van der Waals surface area contributed by atoms with Crippen LogP contribution in [0.5, 0.6) is 0 Å². The van der Waals surface area contributed by atoms with E-state index in [1.807, 2.05) is 0 Å². The molecule has 1 aromatic carbocycles. The Morgan fingerprint density at radius 3 is 2.68 bits per heavy atom. The van der Waals surface area contributed by atoms with Gasteiger partial charge in [-0.05, 0) is 69.9 Å². The molecule has 2 atom stereocenters. The molecule has 0 radical (unpaired) electrons. The minimum atomic E-state index is 0.305. The Balaban J connectivity index is 1.42. The van der Waals surface area contributed by atoms with Crippen LogP contribution in [-0.4, -0.2) is 84.3 Å². The largest absolute Gasteiger partial charge is 0.396 e. The van der Waals surface area contributed by atoms with Crippen molar-refractivity contribution in [1.82, 2.24) is 19.7 Å². The smallest absolute Gasteiger partial charge is 0.0475 e. The van der Waals surface area contributed by atoms with E-state index in [2.05, 4.69) is 58.8 Å². The SMILES string of the molecule is Cc1ccc2[nH]c(CN3C[C@@H](CN4CCCN(C)CC4)[C@@H](CO)C3)c(C)c2c1. The number of nitrogens with one attached hydrogen (secondary N) is 1. The molecule has 5 heteroatoms. The first-order valence-corrected chi connectivity index (χ1v) is 10.9. The molecule has 0 unspecified atom stereocenters. The third kappa shape index (κ3) is 4.28. The average molecular weight is 385 g/mol. The molecule has 4 rings (SSSR count). The maximum Gasteiger partial charge on any atom is 0.0475 e. The average Bonchev–Trinajstić information content (AvgIpc) is 3.12. The van der Waals surface area contributed by atoms with Crippen molar-refractivity contribution in [2.24, 2.45) is 11.8 Å². The predicted molar refractivity (Wildman–Crippen MR) is 116 cm³/mol. The van der Waals surface area contributed by atoms with Crippen molar-refractivity contribution in [2.75, 3.05) is 59.5 Å². The van der Waals surface area contributed by atoms with Gasteiger partial charge in [0.1, 0.15) is 0 Å². The summed E-state index contributed by atoms with van der Waals surface area (Å²) in [6, 6.07) is 6.65. The lowest BCUT2D eigenvalue weighted by molar-refractivity contribution is 0.165. The summed E-state index contributed by atoms with van der Waals surface area (Å²) in [4.78, 5) is 11.2. The van der Waals surface area contributed by atoms with Crippen molar-refractivity contribution < 1.29 is 5.11 Å². The fourth-order valence-corrected chi connectivity index (χ4v) is 5.07. The van der Waals surface area contributed by atoms with Gasteiger partial charge < -0.3 is 19.9 Å². The standard InChI is InChI=1S/C23H36N4O/c1-17-5-6-22-21(11-17)18(2)23(24-22)15-27-13-19(20(14-27)16-28)12-26-8-4-7-25(3)9-10-26/h5-6,11,19-20,24,28H,4,7-10,12-16H2,1-3H3/t19-,20-/m1/s1. The molecular weight excluding hydrogens is 348 g/mol. The van der Waals surface area contributed by atoms with E-state index in [-0.39, 0.29) is 0 Å². The number of fused-ring (bicyclic) bond motifs is 1. The molecule has 2 N–H and O–H groups in total. The van der Waals surface area contributed by atoms with Crippen molar-refractivity contribution >= 4 is 10.9 Å². The minimum Gasteiger partial charge on any atom is -0.396 e. The molecule has 2 aromatic rings. The third-order valence-corrected chi connectivity index (χ3v) is 6.89. The first-order chi connectivity index (χ1) is 13.5. The van der Waals surface area contributed by atoms with E-state index in [4.69, 9.17) is 0 Å². The summed E-state index contributed by atoms with van der Waals surface area (Å²) in [5, 5.41) is 11.3. The highest BCUT2D eigenvalue weighted by Gasteiger charge is 2.34. The van der Waals surface area contributed by atoms with Crippen LogP contribution in [0.25, 0.3) is 10.9 Å². The normalized spacial score (nSPS) is 25.6. The van der Waals surface area contributed by atoms with Gasteiger partial charge >= 0.3 is 0 Å². The van der Waals surface area contributed by atoms with E-state index in [0.29, 0.717) is 18.4 Å². The number of likely N-dealkylation sites (tertiary alicyclic amines) is 1. The van der Waals surface area contributed by atoms with E-state index < -0.39 is 0 Å². The summed E-state index contributed by atoms with van der Waals surface area (Å²) in [5.74, 6) is 0.966. The first-order valence-electron chi connectivity index (χ1n) is 10.9. The molecular formula is C23H36N4O. The molecule has 154 valence electrons. The second kappa shape index (κ2) is 8.54. The zero-order chi connectivity index (χ0) is 19.7. The van der Waals surface area contributed by atoms with Gasteiger partial charge in [-0.3, -0.25) is 4.90 Å². The Bertz CT molecular complexity index is 801. The lowest BCUT2D eigenvalue weighted by Crippen LogP contribution is -2.36. The highest BCUT2D eigenvalue weighted by atomic mass is 16.3. The number of nitrogens with zero attached hydrogens (tertiary/aromatic N) is 3. The Hall–Kier alpha value is -1.40. The van der Waals surface area contributed by atoms with E-state index >= 15 is 0 Å². The van der Waals surface area contributed by atoms with Gasteiger partial charge in [0.05, 0.1) is 0 Å². The molecule has 0 spiro atoms. The third-order valence-electron chi connectivity index (χ3n) is 6.89. The van der Waals surface area contributed by atoms with Gasteiger partial charge in [0, 0.05) is 62.5 Å². The van der Waals surface area contributed by atoms with Crippen LogP contribution in [0, 0.1) is 25.7 Å². The highest BCUT2D eigenvalue weighted by molar-refractivity contribution is 5.85. The Labute approximate surface area is 169 Å². The Kier molecular flexibility index (Phi) is 6.07. The molecule has 1 aromatic heterocycles. The number of benzene rings is 1. The first kappa shape index (κ1) is 19.9. The van der Waals surface area contributed by atoms with E-state index in [1.165, 1.54) is 47.2 Å². The zero-order valence-electron chi connectivity index (χ0n) is 17.7. The van der Waals surface area contributed by atoms with Crippen LogP contribution in [0.4, 0.5) is 0 Å². The molecule has 0 saturated carbocycles. The second-order valence-electron chi connectivity index (χ2n) is 9.13. The Morgan fingerprint density at radius 1 is 1.04 bits per heavy atom. The van der Waals surface area contributed by atoms with Gasteiger partial charge in [-0.2, -0.15) is 0 Å². The van der Waals surface area contributed by atoms with Crippen molar-refractivity contribution in [2.45, 2.75) is 26.8 Å². The monoisotopic (exact) mass is 384 g/mol. The number of likely N-dealkylation sites (N-methyl/N-ethyl adjacent to an activating group) is 1. The number of hydrogen-bond donors (Lipinski definition) is 2. The van der Waals surface area contributed by atoms with Crippen LogP contribution in [0.1, 0.15) is 23.2 Å². The van der Waals surface area contributed by atoms with Gasteiger partial charge in [-0.15, -0.1) is 0 Å². The molecule has 0 aliphatic carbocycles. The van der Waals surface area contributed by atoms with Gasteiger partial charge in [-0.25, -0.2) is 0 Å². The van der Waals surface area contributed by atoms with Crippen molar-refractivity contribution in [3.63, 3.8) is 0 Å². The number of aromatic nitrogens is 1. The summed E-state index contributed by atoms with van der Waals surface area (Å²) < 4.78 is 0. The van der Waals surface area contributed by atoms with Crippen LogP contribution in [0.3, 0.4) is 0 Å². The lowest BCUT2D eigenvalue weighted by atomic mass is 9.96.